The lowest BCUT2D eigenvalue weighted by molar-refractivity contribution is -0.139. The van der Waals surface area contributed by atoms with Gasteiger partial charge in [-0.3, -0.25) is 9.59 Å². The molecule has 1 aromatic heterocycles. The number of hydrogen-bond acceptors (Lipinski definition) is 3. The molecule has 1 heterocycles. The zero-order valence-electron chi connectivity index (χ0n) is 12.8. The normalized spacial score (nSPS) is 14.4. The lowest BCUT2D eigenvalue weighted by Crippen LogP contribution is -2.35. The Hall–Kier alpha value is -2.35. The number of anilines is 1. The SMILES string of the molecule is O=C(Cn1nc(C2CC2)cc(C(F)(F)F)c1=O)Nc1ccccc1Cl. The van der Waals surface area contributed by atoms with Crippen LogP contribution in [0.2, 0.25) is 5.02 Å². The van der Waals surface area contributed by atoms with Crippen LogP contribution in [-0.2, 0) is 17.5 Å². The second-order valence-electron chi connectivity index (χ2n) is 5.75. The fraction of sp³-hybridized carbons (Fsp3) is 0.312. The number of nitrogens with one attached hydrogen (secondary N) is 1. The molecule has 0 spiro atoms. The highest BCUT2D eigenvalue weighted by atomic mass is 35.5. The number of alkyl halides is 3. The first kappa shape index (κ1) is 17.5. The van der Waals surface area contributed by atoms with Crippen molar-refractivity contribution < 1.29 is 18.0 Å². The van der Waals surface area contributed by atoms with E-state index in [0.717, 1.165) is 6.07 Å². The maximum absolute atomic E-state index is 13.1. The van der Waals surface area contributed by atoms with Gasteiger partial charge in [0.1, 0.15) is 12.1 Å². The van der Waals surface area contributed by atoms with Crippen molar-refractivity contribution in [1.29, 1.82) is 0 Å². The average Bonchev–Trinajstić information content (AvgIpc) is 3.35. The van der Waals surface area contributed by atoms with E-state index in [-0.39, 0.29) is 16.6 Å². The molecule has 9 heteroatoms. The highest BCUT2D eigenvalue weighted by Gasteiger charge is 2.37. The van der Waals surface area contributed by atoms with Gasteiger partial charge >= 0.3 is 6.18 Å². The van der Waals surface area contributed by atoms with Crippen molar-refractivity contribution in [2.24, 2.45) is 0 Å². The first-order valence-corrected chi connectivity index (χ1v) is 7.87. The molecule has 1 aromatic carbocycles. The minimum absolute atomic E-state index is 0.0976. The van der Waals surface area contributed by atoms with Crippen molar-refractivity contribution in [1.82, 2.24) is 9.78 Å². The third-order valence-electron chi connectivity index (χ3n) is 3.74. The van der Waals surface area contributed by atoms with Crippen LogP contribution >= 0.6 is 11.6 Å². The predicted octanol–water partition coefficient (Wildman–Crippen LogP) is 3.43. The Labute approximate surface area is 145 Å². The predicted molar refractivity (Wildman–Crippen MR) is 85.6 cm³/mol. The maximum Gasteiger partial charge on any atom is 0.421 e. The highest BCUT2D eigenvalue weighted by molar-refractivity contribution is 6.33. The molecule has 0 atom stereocenters. The molecule has 0 saturated heterocycles. The Morgan fingerprint density at radius 1 is 1.32 bits per heavy atom. The van der Waals surface area contributed by atoms with Crippen molar-refractivity contribution in [3.63, 3.8) is 0 Å². The zero-order valence-corrected chi connectivity index (χ0v) is 13.6. The molecular weight excluding hydrogens is 359 g/mol. The molecule has 1 saturated carbocycles. The molecule has 0 unspecified atom stereocenters. The van der Waals surface area contributed by atoms with Crippen molar-refractivity contribution in [3.05, 3.63) is 57.0 Å². The third-order valence-corrected chi connectivity index (χ3v) is 4.07. The number of amides is 1. The fourth-order valence-corrected chi connectivity index (χ4v) is 2.52. The largest absolute Gasteiger partial charge is 0.421 e. The summed E-state index contributed by atoms with van der Waals surface area (Å²) in [6, 6.07) is 7.18. The summed E-state index contributed by atoms with van der Waals surface area (Å²) >= 11 is 5.92. The molecule has 5 nitrogen and oxygen atoms in total. The van der Waals surface area contributed by atoms with Crippen molar-refractivity contribution >= 4 is 23.2 Å². The summed E-state index contributed by atoms with van der Waals surface area (Å²) in [6.07, 6.45) is -3.37. The first-order chi connectivity index (χ1) is 11.8. The van der Waals surface area contributed by atoms with Crippen molar-refractivity contribution in [2.75, 3.05) is 5.32 Å². The van der Waals surface area contributed by atoms with Crippen LogP contribution in [0.1, 0.15) is 30.0 Å². The molecule has 3 rings (SSSR count). The van der Waals surface area contributed by atoms with Gasteiger partial charge in [-0.1, -0.05) is 23.7 Å². The van der Waals surface area contributed by atoms with Crippen molar-refractivity contribution in [2.45, 2.75) is 31.5 Å². The van der Waals surface area contributed by atoms with Gasteiger partial charge in [0.25, 0.3) is 5.56 Å². The lowest BCUT2D eigenvalue weighted by Gasteiger charge is -2.12. The Morgan fingerprint density at radius 3 is 2.60 bits per heavy atom. The minimum atomic E-state index is -4.80. The van der Waals surface area contributed by atoms with Crippen LogP contribution in [0.4, 0.5) is 18.9 Å². The molecule has 0 radical (unpaired) electrons. The van der Waals surface area contributed by atoms with E-state index >= 15 is 0 Å². The van der Waals surface area contributed by atoms with E-state index in [1.54, 1.807) is 18.2 Å². The number of halogens is 4. The number of nitrogens with zero attached hydrogens (tertiary/aromatic N) is 2. The molecule has 2 aromatic rings. The number of benzene rings is 1. The molecular formula is C16H13ClF3N3O2. The zero-order chi connectivity index (χ0) is 18.2. The van der Waals surface area contributed by atoms with E-state index in [1.807, 2.05) is 0 Å². The Kier molecular flexibility index (Phi) is 4.55. The fourth-order valence-electron chi connectivity index (χ4n) is 2.34. The number of aromatic nitrogens is 2. The lowest BCUT2D eigenvalue weighted by atomic mass is 10.2. The number of rotatable bonds is 4. The number of carbonyl (C=O) groups is 1. The van der Waals surface area contributed by atoms with Crippen LogP contribution in [0, 0.1) is 0 Å². The van der Waals surface area contributed by atoms with Gasteiger partial charge in [0.2, 0.25) is 5.91 Å². The van der Waals surface area contributed by atoms with E-state index < -0.39 is 29.8 Å². The van der Waals surface area contributed by atoms with Crippen LogP contribution in [0.15, 0.2) is 35.1 Å². The van der Waals surface area contributed by atoms with E-state index in [1.165, 1.54) is 6.07 Å². The summed E-state index contributed by atoms with van der Waals surface area (Å²) in [5, 5.41) is 6.66. The molecule has 1 amide bonds. The van der Waals surface area contributed by atoms with Crippen molar-refractivity contribution in [3.8, 4) is 0 Å². The van der Waals surface area contributed by atoms with E-state index in [9.17, 15) is 22.8 Å². The topological polar surface area (TPSA) is 64.0 Å². The van der Waals surface area contributed by atoms with Crippen LogP contribution in [0.25, 0.3) is 0 Å². The smallest absolute Gasteiger partial charge is 0.323 e. The summed E-state index contributed by atoms with van der Waals surface area (Å²) < 4.78 is 39.8. The van der Waals surface area contributed by atoms with E-state index in [2.05, 4.69) is 10.4 Å². The molecule has 0 aliphatic heterocycles. The molecule has 1 N–H and O–H groups in total. The quantitative estimate of drug-likeness (QED) is 0.895. The monoisotopic (exact) mass is 371 g/mol. The first-order valence-electron chi connectivity index (χ1n) is 7.49. The summed E-state index contributed by atoms with van der Waals surface area (Å²) in [6.45, 7) is -0.631. The minimum Gasteiger partial charge on any atom is -0.323 e. The second kappa shape index (κ2) is 6.51. The molecule has 0 bridgehead atoms. The van der Waals surface area contributed by atoms with E-state index in [4.69, 9.17) is 11.6 Å². The molecule has 1 aliphatic rings. The number of carbonyl (C=O) groups excluding carboxylic acids is 1. The van der Waals surface area contributed by atoms with Crippen LogP contribution < -0.4 is 10.9 Å². The number of para-hydroxylation sites is 1. The molecule has 1 aliphatic carbocycles. The van der Waals surface area contributed by atoms with Gasteiger partial charge in [0, 0.05) is 5.92 Å². The van der Waals surface area contributed by atoms with Gasteiger partial charge in [0.05, 0.1) is 16.4 Å². The third kappa shape index (κ3) is 4.01. The number of hydrogen-bond donors (Lipinski definition) is 1. The molecule has 1 fully saturated rings. The summed E-state index contributed by atoms with van der Waals surface area (Å²) in [7, 11) is 0. The highest BCUT2D eigenvalue weighted by Crippen LogP contribution is 2.40. The summed E-state index contributed by atoms with van der Waals surface area (Å²) in [4.78, 5) is 24.1. The second-order valence-corrected chi connectivity index (χ2v) is 6.15. The van der Waals surface area contributed by atoms with Crippen LogP contribution in [-0.4, -0.2) is 15.7 Å². The van der Waals surface area contributed by atoms with Gasteiger partial charge in [-0.05, 0) is 31.0 Å². The Bertz CT molecular complexity index is 876. The Morgan fingerprint density at radius 2 is 2.00 bits per heavy atom. The standard InChI is InChI=1S/C16H13ClF3N3O2/c17-11-3-1-2-4-12(11)21-14(24)8-23-15(25)10(16(18,19)20)7-13(22-23)9-5-6-9/h1-4,7,9H,5-6,8H2,(H,21,24). The van der Waals surface area contributed by atoms with E-state index in [0.29, 0.717) is 23.2 Å². The van der Waals surface area contributed by atoms with Gasteiger partial charge in [-0.25, -0.2) is 4.68 Å². The molecule has 132 valence electrons. The maximum atomic E-state index is 13.1. The molecule has 25 heavy (non-hydrogen) atoms. The van der Waals surface area contributed by atoms with Gasteiger partial charge < -0.3 is 5.32 Å². The summed E-state index contributed by atoms with van der Waals surface area (Å²) in [5.74, 6) is -0.789. The average molecular weight is 372 g/mol. The van der Waals surface area contributed by atoms with Crippen LogP contribution in [0.3, 0.4) is 0 Å². The van der Waals surface area contributed by atoms with Gasteiger partial charge in [-0.2, -0.15) is 18.3 Å². The van der Waals surface area contributed by atoms with Gasteiger partial charge in [-0.15, -0.1) is 0 Å². The van der Waals surface area contributed by atoms with Gasteiger partial charge in [0.15, 0.2) is 0 Å². The summed E-state index contributed by atoms with van der Waals surface area (Å²) in [5.41, 5.74) is -2.17. The van der Waals surface area contributed by atoms with Crippen LogP contribution in [0.5, 0.6) is 0 Å². The Balaban J connectivity index is 1.89.